The molecular formula is C14H18N4O4. The van der Waals surface area contributed by atoms with Gasteiger partial charge in [-0.3, -0.25) is 9.78 Å². The van der Waals surface area contributed by atoms with Gasteiger partial charge in [0.05, 0.1) is 24.3 Å². The van der Waals surface area contributed by atoms with Gasteiger partial charge in [-0.05, 0) is 6.92 Å². The first-order valence-electron chi connectivity index (χ1n) is 6.70. The van der Waals surface area contributed by atoms with Gasteiger partial charge in [-0.1, -0.05) is 0 Å². The lowest BCUT2D eigenvalue weighted by atomic mass is 10.0. The first-order valence-corrected chi connectivity index (χ1v) is 6.70. The van der Waals surface area contributed by atoms with Crippen LogP contribution in [0.2, 0.25) is 0 Å². The van der Waals surface area contributed by atoms with Crippen molar-refractivity contribution in [3.63, 3.8) is 0 Å². The Balaban J connectivity index is 2.31. The molecule has 0 saturated heterocycles. The van der Waals surface area contributed by atoms with Gasteiger partial charge in [-0.15, -0.1) is 0 Å². The van der Waals surface area contributed by atoms with E-state index in [1.807, 2.05) is 0 Å². The zero-order valence-corrected chi connectivity index (χ0v) is 12.1. The maximum Gasteiger partial charge on any atom is 0.320 e. The number of carboxylic acid groups (broad SMARTS) is 1. The Labute approximate surface area is 126 Å². The standard InChI is InChI=1S/C14H18N4O4/c1-7-13(20)9(8(5-19)4-16-7)2-11-12(18-6-17-11)3-10(15)14(21)22/h4,6,10,19-20H,2-3,5,15H2,1H3,(H,17,18)(H,21,22). The van der Waals surface area contributed by atoms with Crippen molar-refractivity contribution in [1.29, 1.82) is 0 Å². The van der Waals surface area contributed by atoms with Crippen LogP contribution in [0.25, 0.3) is 0 Å². The molecule has 2 aromatic heterocycles. The van der Waals surface area contributed by atoms with Crippen molar-refractivity contribution in [3.05, 3.63) is 40.7 Å². The van der Waals surface area contributed by atoms with Crippen LogP contribution in [0, 0.1) is 6.92 Å². The number of aromatic nitrogens is 3. The quantitative estimate of drug-likeness (QED) is 0.499. The minimum Gasteiger partial charge on any atom is -0.506 e. The van der Waals surface area contributed by atoms with Crippen LogP contribution in [-0.4, -0.2) is 42.3 Å². The van der Waals surface area contributed by atoms with E-state index in [0.717, 1.165) is 0 Å². The topological polar surface area (TPSA) is 145 Å². The molecule has 0 amide bonds. The first kappa shape index (κ1) is 15.9. The summed E-state index contributed by atoms with van der Waals surface area (Å²) in [5.41, 5.74) is 8.19. The number of pyridine rings is 1. The summed E-state index contributed by atoms with van der Waals surface area (Å²) < 4.78 is 0. The average Bonchev–Trinajstić information content (AvgIpc) is 2.91. The summed E-state index contributed by atoms with van der Waals surface area (Å²) in [4.78, 5) is 21.9. The molecular weight excluding hydrogens is 288 g/mol. The largest absolute Gasteiger partial charge is 0.506 e. The Hall–Kier alpha value is -2.45. The maximum atomic E-state index is 10.9. The number of imidazole rings is 1. The van der Waals surface area contributed by atoms with Crippen molar-refractivity contribution >= 4 is 5.97 Å². The van der Waals surface area contributed by atoms with Crippen LogP contribution in [0.5, 0.6) is 5.75 Å². The molecule has 2 rings (SSSR count). The highest BCUT2D eigenvalue weighted by Crippen LogP contribution is 2.27. The fraction of sp³-hybridized carbons (Fsp3) is 0.357. The number of aliphatic hydroxyl groups excluding tert-OH is 1. The van der Waals surface area contributed by atoms with Crippen molar-refractivity contribution in [2.24, 2.45) is 5.73 Å². The number of rotatable bonds is 6. The van der Waals surface area contributed by atoms with Crippen molar-refractivity contribution < 1.29 is 20.1 Å². The monoisotopic (exact) mass is 306 g/mol. The molecule has 0 radical (unpaired) electrons. The number of hydrogen-bond acceptors (Lipinski definition) is 6. The summed E-state index contributed by atoms with van der Waals surface area (Å²) in [7, 11) is 0. The molecule has 22 heavy (non-hydrogen) atoms. The number of nitrogens with two attached hydrogens (primary N) is 1. The minimum atomic E-state index is -1.10. The third-order valence-electron chi connectivity index (χ3n) is 3.49. The SMILES string of the molecule is Cc1ncc(CO)c(Cc2[nH]cnc2CC(N)C(=O)O)c1O. The fourth-order valence-electron chi connectivity index (χ4n) is 2.17. The molecule has 0 bridgehead atoms. The van der Waals surface area contributed by atoms with E-state index < -0.39 is 12.0 Å². The molecule has 8 nitrogen and oxygen atoms in total. The highest BCUT2D eigenvalue weighted by atomic mass is 16.4. The summed E-state index contributed by atoms with van der Waals surface area (Å²) in [6, 6.07) is -1.05. The lowest BCUT2D eigenvalue weighted by Crippen LogP contribution is -2.32. The van der Waals surface area contributed by atoms with Gasteiger partial charge in [0.1, 0.15) is 11.8 Å². The Bertz CT molecular complexity index is 683. The van der Waals surface area contributed by atoms with Gasteiger partial charge in [-0.25, -0.2) is 4.98 Å². The third kappa shape index (κ3) is 3.23. The normalized spacial score (nSPS) is 12.3. The van der Waals surface area contributed by atoms with Gasteiger partial charge in [-0.2, -0.15) is 0 Å². The number of carboxylic acids is 1. The van der Waals surface area contributed by atoms with E-state index >= 15 is 0 Å². The zero-order valence-electron chi connectivity index (χ0n) is 12.1. The number of aryl methyl sites for hydroxylation is 1. The van der Waals surface area contributed by atoms with E-state index in [-0.39, 0.29) is 25.2 Å². The molecule has 118 valence electrons. The molecule has 0 aliphatic rings. The van der Waals surface area contributed by atoms with Crippen molar-refractivity contribution in [2.45, 2.75) is 32.4 Å². The number of carbonyl (C=O) groups is 1. The van der Waals surface area contributed by atoms with Gasteiger partial charge in [0.2, 0.25) is 0 Å². The number of aliphatic hydroxyl groups is 1. The summed E-state index contributed by atoms with van der Waals surface area (Å²) in [5.74, 6) is -1.10. The lowest BCUT2D eigenvalue weighted by molar-refractivity contribution is -0.138. The number of nitrogens with one attached hydrogen (secondary N) is 1. The number of aromatic hydroxyl groups is 1. The van der Waals surface area contributed by atoms with Crippen LogP contribution >= 0.6 is 0 Å². The molecule has 2 heterocycles. The lowest BCUT2D eigenvalue weighted by Gasteiger charge is -2.12. The van der Waals surface area contributed by atoms with E-state index in [4.69, 9.17) is 10.8 Å². The van der Waals surface area contributed by atoms with Gasteiger partial charge < -0.3 is 26.0 Å². The van der Waals surface area contributed by atoms with Crippen molar-refractivity contribution in [3.8, 4) is 5.75 Å². The number of H-pyrrole nitrogens is 1. The second-order valence-electron chi connectivity index (χ2n) is 5.01. The molecule has 1 atom stereocenters. The molecule has 6 N–H and O–H groups in total. The van der Waals surface area contributed by atoms with Crippen molar-refractivity contribution in [2.75, 3.05) is 0 Å². The van der Waals surface area contributed by atoms with Crippen LogP contribution in [-0.2, 0) is 24.2 Å². The predicted octanol–water partition coefficient (Wildman–Crippen LogP) is -0.144. The Morgan fingerprint density at radius 2 is 2.18 bits per heavy atom. The molecule has 0 aliphatic heterocycles. The van der Waals surface area contributed by atoms with E-state index in [2.05, 4.69) is 15.0 Å². The molecule has 0 spiro atoms. The van der Waals surface area contributed by atoms with Crippen LogP contribution < -0.4 is 5.73 Å². The first-order chi connectivity index (χ1) is 10.4. The molecule has 2 aromatic rings. The average molecular weight is 306 g/mol. The maximum absolute atomic E-state index is 10.9. The minimum absolute atomic E-state index is 0.00892. The Morgan fingerprint density at radius 1 is 1.45 bits per heavy atom. The Kier molecular flexibility index (Phi) is 4.74. The molecule has 0 fully saturated rings. The summed E-state index contributed by atoms with van der Waals surface area (Å²) in [6.45, 7) is 1.41. The van der Waals surface area contributed by atoms with Crippen molar-refractivity contribution in [1.82, 2.24) is 15.0 Å². The number of aromatic amines is 1. The van der Waals surface area contributed by atoms with Crippen LogP contribution in [0.15, 0.2) is 12.5 Å². The van der Waals surface area contributed by atoms with E-state index in [1.165, 1.54) is 12.5 Å². The number of aliphatic carboxylic acids is 1. The molecule has 0 aromatic carbocycles. The smallest absolute Gasteiger partial charge is 0.320 e. The number of hydrogen-bond donors (Lipinski definition) is 5. The van der Waals surface area contributed by atoms with E-state index in [0.29, 0.717) is 28.2 Å². The van der Waals surface area contributed by atoms with E-state index in [9.17, 15) is 15.0 Å². The highest BCUT2D eigenvalue weighted by Gasteiger charge is 2.19. The second kappa shape index (κ2) is 6.54. The molecule has 0 saturated carbocycles. The van der Waals surface area contributed by atoms with Gasteiger partial charge in [0, 0.05) is 35.9 Å². The van der Waals surface area contributed by atoms with Gasteiger partial charge in [0.15, 0.2) is 0 Å². The van der Waals surface area contributed by atoms with Crippen LogP contribution in [0.3, 0.4) is 0 Å². The summed E-state index contributed by atoms with van der Waals surface area (Å²) in [5, 5.41) is 28.4. The van der Waals surface area contributed by atoms with Crippen LogP contribution in [0.1, 0.15) is 28.2 Å². The zero-order chi connectivity index (χ0) is 16.3. The van der Waals surface area contributed by atoms with Crippen LogP contribution in [0.4, 0.5) is 0 Å². The van der Waals surface area contributed by atoms with E-state index in [1.54, 1.807) is 6.92 Å². The summed E-state index contributed by atoms with van der Waals surface area (Å²) in [6.07, 6.45) is 3.30. The molecule has 8 heteroatoms. The van der Waals surface area contributed by atoms with Gasteiger partial charge >= 0.3 is 5.97 Å². The molecule has 1 unspecified atom stereocenters. The highest BCUT2D eigenvalue weighted by molar-refractivity contribution is 5.73. The second-order valence-corrected chi connectivity index (χ2v) is 5.01. The third-order valence-corrected chi connectivity index (χ3v) is 3.49. The van der Waals surface area contributed by atoms with Gasteiger partial charge in [0.25, 0.3) is 0 Å². The molecule has 0 aliphatic carbocycles. The summed E-state index contributed by atoms with van der Waals surface area (Å²) >= 11 is 0. The fourth-order valence-corrected chi connectivity index (χ4v) is 2.17. The Morgan fingerprint density at radius 3 is 2.82 bits per heavy atom. The number of nitrogens with zero attached hydrogens (tertiary/aromatic N) is 2. The predicted molar refractivity (Wildman–Crippen MR) is 77.3 cm³/mol.